The summed E-state index contributed by atoms with van der Waals surface area (Å²) in [5.74, 6) is -0.715. The highest BCUT2D eigenvalue weighted by molar-refractivity contribution is 6.08. The van der Waals surface area contributed by atoms with Gasteiger partial charge in [0.15, 0.2) is 5.58 Å². The minimum Gasteiger partial charge on any atom is -0.462 e. The first kappa shape index (κ1) is 19.7. The highest BCUT2D eigenvalue weighted by atomic mass is 16.6. The summed E-state index contributed by atoms with van der Waals surface area (Å²) in [6, 6.07) is 1.72. The molecule has 0 aliphatic carbocycles. The summed E-state index contributed by atoms with van der Waals surface area (Å²) < 4.78 is 15.9. The first-order valence-corrected chi connectivity index (χ1v) is 8.44. The van der Waals surface area contributed by atoms with E-state index in [0.717, 1.165) is 5.56 Å². The maximum absolute atomic E-state index is 12.3. The Morgan fingerprint density at radius 2 is 2.08 bits per heavy atom. The molecule has 0 bridgehead atoms. The van der Waals surface area contributed by atoms with Crippen LogP contribution in [0.5, 0.6) is 0 Å². The van der Waals surface area contributed by atoms with Gasteiger partial charge in [-0.15, -0.1) is 0 Å². The Hall–Kier alpha value is -2.61. The maximum atomic E-state index is 12.3. The average Bonchev–Trinajstić information content (AvgIpc) is 2.88. The van der Waals surface area contributed by atoms with E-state index in [1.807, 2.05) is 0 Å². The zero-order chi connectivity index (χ0) is 19.3. The third-order valence-electron chi connectivity index (χ3n) is 3.30. The molecule has 0 atom stereocenters. The molecule has 142 valence electrons. The Morgan fingerprint density at radius 3 is 2.69 bits per heavy atom. The van der Waals surface area contributed by atoms with E-state index in [4.69, 9.17) is 19.0 Å². The topological polar surface area (TPSA) is 111 Å². The third kappa shape index (κ3) is 4.95. The highest BCUT2D eigenvalue weighted by Gasteiger charge is 2.26. The van der Waals surface area contributed by atoms with Crippen molar-refractivity contribution in [2.75, 3.05) is 18.5 Å². The number of aromatic nitrogens is 1. The molecule has 0 saturated carbocycles. The van der Waals surface area contributed by atoms with Crippen LogP contribution < -0.4 is 5.32 Å². The smallest absolute Gasteiger partial charge is 0.414 e. The molecular formula is C18H24N2O6. The lowest BCUT2D eigenvalue weighted by atomic mass is 10.1. The summed E-state index contributed by atoms with van der Waals surface area (Å²) in [4.78, 5) is 28.6. The van der Waals surface area contributed by atoms with Crippen LogP contribution in [0.1, 0.15) is 50.0 Å². The normalized spacial score (nSPS) is 11.4. The van der Waals surface area contributed by atoms with Crippen molar-refractivity contribution in [1.29, 1.82) is 0 Å². The SMILES string of the molecule is CCOC(=O)c1c(NC(=O)OC(C)(C)C)oc2cc(CCCO)cnc12. The number of carbonyl (C=O) groups excluding carboxylic acids is 2. The van der Waals surface area contributed by atoms with Gasteiger partial charge in [0, 0.05) is 12.8 Å². The largest absolute Gasteiger partial charge is 0.462 e. The standard InChI is InChI=1S/C18H24N2O6/c1-5-24-16(22)13-14-12(9-11(10-19-14)7-6-8-21)25-15(13)20-17(23)26-18(2,3)4/h9-10,21H,5-8H2,1-4H3,(H,20,23). The molecule has 2 N–H and O–H groups in total. The van der Waals surface area contributed by atoms with Gasteiger partial charge < -0.3 is 19.0 Å². The third-order valence-corrected chi connectivity index (χ3v) is 3.30. The van der Waals surface area contributed by atoms with Gasteiger partial charge in [-0.2, -0.15) is 0 Å². The van der Waals surface area contributed by atoms with Crippen molar-refractivity contribution in [1.82, 2.24) is 4.98 Å². The monoisotopic (exact) mass is 364 g/mol. The molecule has 0 aliphatic heterocycles. The summed E-state index contributed by atoms with van der Waals surface area (Å²) in [6.45, 7) is 7.11. The van der Waals surface area contributed by atoms with Crippen LogP contribution >= 0.6 is 0 Å². The first-order valence-electron chi connectivity index (χ1n) is 8.44. The number of carbonyl (C=O) groups is 2. The molecule has 0 radical (unpaired) electrons. The quantitative estimate of drug-likeness (QED) is 0.757. The molecule has 0 fully saturated rings. The van der Waals surface area contributed by atoms with Crippen LogP contribution in [-0.4, -0.2) is 41.0 Å². The number of hydrogen-bond acceptors (Lipinski definition) is 7. The number of pyridine rings is 1. The van der Waals surface area contributed by atoms with Gasteiger partial charge in [-0.3, -0.25) is 10.3 Å². The number of nitrogens with one attached hydrogen (secondary N) is 1. The lowest BCUT2D eigenvalue weighted by molar-refractivity contribution is 0.0529. The number of rotatable bonds is 6. The van der Waals surface area contributed by atoms with Crippen molar-refractivity contribution in [3.05, 3.63) is 23.4 Å². The molecule has 2 aromatic rings. The number of nitrogens with zero attached hydrogens (tertiary/aromatic N) is 1. The van der Waals surface area contributed by atoms with Crippen molar-refractivity contribution in [3.8, 4) is 0 Å². The van der Waals surface area contributed by atoms with Crippen molar-refractivity contribution in [2.45, 2.75) is 46.1 Å². The Balaban J connectivity index is 2.40. The number of aliphatic hydroxyl groups is 1. The van der Waals surface area contributed by atoms with E-state index in [0.29, 0.717) is 23.9 Å². The molecule has 0 aliphatic rings. The maximum Gasteiger partial charge on any atom is 0.414 e. The molecule has 8 nitrogen and oxygen atoms in total. The van der Waals surface area contributed by atoms with Crippen LogP contribution in [-0.2, 0) is 15.9 Å². The fourth-order valence-corrected chi connectivity index (χ4v) is 2.32. The Bertz CT molecular complexity index is 791. The zero-order valence-corrected chi connectivity index (χ0v) is 15.4. The zero-order valence-electron chi connectivity index (χ0n) is 15.4. The van der Waals surface area contributed by atoms with Crippen molar-refractivity contribution < 1.29 is 28.6 Å². The number of aliphatic hydroxyl groups excluding tert-OH is 1. The summed E-state index contributed by atoms with van der Waals surface area (Å²) in [5.41, 5.74) is 0.827. The summed E-state index contributed by atoms with van der Waals surface area (Å²) in [6.07, 6.45) is 2.06. The van der Waals surface area contributed by atoms with Crippen LogP contribution in [0.3, 0.4) is 0 Å². The van der Waals surface area contributed by atoms with Gasteiger partial charge in [-0.05, 0) is 52.2 Å². The van der Waals surface area contributed by atoms with Gasteiger partial charge in [-0.1, -0.05) is 0 Å². The van der Waals surface area contributed by atoms with Crippen LogP contribution in [0, 0.1) is 0 Å². The van der Waals surface area contributed by atoms with Crippen LogP contribution in [0.4, 0.5) is 10.7 Å². The number of furan rings is 1. The molecular weight excluding hydrogens is 340 g/mol. The lowest BCUT2D eigenvalue weighted by Gasteiger charge is -2.19. The van der Waals surface area contributed by atoms with Gasteiger partial charge >= 0.3 is 12.1 Å². The van der Waals surface area contributed by atoms with E-state index in [1.54, 1.807) is 40.0 Å². The van der Waals surface area contributed by atoms with E-state index in [2.05, 4.69) is 10.3 Å². The summed E-state index contributed by atoms with van der Waals surface area (Å²) >= 11 is 0. The molecule has 0 saturated heterocycles. The molecule has 2 aromatic heterocycles. The van der Waals surface area contributed by atoms with Crippen LogP contribution in [0.25, 0.3) is 11.1 Å². The number of aryl methyl sites for hydroxylation is 1. The van der Waals surface area contributed by atoms with E-state index in [9.17, 15) is 9.59 Å². The Morgan fingerprint density at radius 1 is 1.35 bits per heavy atom. The van der Waals surface area contributed by atoms with E-state index < -0.39 is 17.7 Å². The van der Waals surface area contributed by atoms with Gasteiger partial charge in [0.1, 0.15) is 16.7 Å². The lowest BCUT2D eigenvalue weighted by Crippen LogP contribution is -2.27. The van der Waals surface area contributed by atoms with Gasteiger partial charge in [0.2, 0.25) is 5.88 Å². The molecule has 2 heterocycles. The molecule has 26 heavy (non-hydrogen) atoms. The number of ether oxygens (including phenoxy) is 2. The average molecular weight is 364 g/mol. The molecule has 8 heteroatoms. The molecule has 0 aromatic carbocycles. The predicted octanol–water partition coefficient (Wildman–Crippen LogP) is 3.28. The van der Waals surface area contributed by atoms with Gasteiger partial charge in [0.05, 0.1) is 6.61 Å². The molecule has 0 spiro atoms. The minimum absolute atomic E-state index is 0.0430. The van der Waals surface area contributed by atoms with Gasteiger partial charge in [0.25, 0.3) is 0 Å². The number of hydrogen-bond donors (Lipinski definition) is 2. The van der Waals surface area contributed by atoms with Crippen LogP contribution in [0.2, 0.25) is 0 Å². The van der Waals surface area contributed by atoms with Crippen molar-refractivity contribution >= 4 is 29.0 Å². The number of esters is 1. The number of fused-ring (bicyclic) bond motifs is 1. The second-order valence-electron chi connectivity index (χ2n) is 6.67. The molecule has 2 rings (SSSR count). The van der Waals surface area contributed by atoms with Crippen molar-refractivity contribution in [3.63, 3.8) is 0 Å². The van der Waals surface area contributed by atoms with E-state index in [-0.39, 0.29) is 24.7 Å². The summed E-state index contributed by atoms with van der Waals surface area (Å²) in [5, 5.41) is 11.4. The molecule has 1 amide bonds. The fourth-order valence-electron chi connectivity index (χ4n) is 2.32. The number of anilines is 1. The minimum atomic E-state index is -0.748. The molecule has 0 unspecified atom stereocenters. The van der Waals surface area contributed by atoms with Crippen LogP contribution in [0.15, 0.2) is 16.7 Å². The van der Waals surface area contributed by atoms with E-state index >= 15 is 0 Å². The summed E-state index contributed by atoms with van der Waals surface area (Å²) in [7, 11) is 0. The second-order valence-corrected chi connectivity index (χ2v) is 6.67. The van der Waals surface area contributed by atoms with Crippen molar-refractivity contribution in [2.24, 2.45) is 0 Å². The Kier molecular flexibility index (Phi) is 6.20. The first-order chi connectivity index (χ1) is 12.2. The predicted molar refractivity (Wildman–Crippen MR) is 95.2 cm³/mol. The Labute approximate surface area is 151 Å². The number of amides is 1. The second kappa shape index (κ2) is 8.18. The fraction of sp³-hybridized carbons (Fsp3) is 0.500. The van der Waals surface area contributed by atoms with E-state index in [1.165, 1.54) is 0 Å². The van der Waals surface area contributed by atoms with Gasteiger partial charge in [-0.25, -0.2) is 9.59 Å². The highest BCUT2D eigenvalue weighted by Crippen LogP contribution is 2.30.